The number of anilines is 1. The quantitative estimate of drug-likeness (QED) is 0.636. The number of nitrogens with one attached hydrogen (secondary N) is 2. The second-order valence-electron chi connectivity index (χ2n) is 5.84. The summed E-state index contributed by atoms with van der Waals surface area (Å²) in [5.74, 6) is -1.44. The molecule has 1 amide bonds. The number of methoxy groups -OCH3 is 2. The van der Waals surface area contributed by atoms with E-state index in [1.54, 1.807) is 12.1 Å². The van der Waals surface area contributed by atoms with Crippen LogP contribution in [0.1, 0.15) is 25.0 Å². The van der Waals surface area contributed by atoms with Gasteiger partial charge < -0.3 is 20.1 Å². The third kappa shape index (κ3) is 3.24. The van der Waals surface area contributed by atoms with Crippen LogP contribution in [0.15, 0.2) is 30.0 Å². The van der Waals surface area contributed by atoms with Crippen molar-refractivity contribution in [1.29, 1.82) is 0 Å². The molecule has 0 unspecified atom stereocenters. The predicted octanol–water partition coefficient (Wildman–Crippen LogP) is 1.24. The number of carbonyl (C=O) groups is 3. The van der Waals surface area contributed by atoms with Gasteiger partial charge in [0, 0.05) is 12.2 Å². The molecule has 7 heteroatoms. The van der Waals surface area contributed by atoms with Crippen LogP contribution in [0.25, 0.3) is 0 Å². The smallest absolute Gasteiger partial charge is 0.354 e. The lowest BCUT2D eigenvalue weighted by Crippen LogP contribution is -2.45. The fraction of sp³-hybridized carbons (Fsp3) is 0.353. The average molecular weight is 332 g/mol. The van der Waals surface area contributed by atoms with Crippen molar-refractivity contribution in [2.24, 2.45) is 0 Å². The van der Waals surface area contributed by atoms with Crippen molar-refractivity contribution in [2.45, 2.75) is 25.8 Å². The maximum absolute atomic E-state index is 12.1. The van der Waals surface area contributed by atoms with Crippen LogP contribution < -0.4 is 10.6 Å². The Morgan fingerprint density at radius 2 is 1.96 bits per heavy atom. The van der Waals surface area contributed by atoms with Crippen LogP contribution in [-0.4, -0.2) is 32.1 Å². The largest absolute Gasteiger partial charge is 0.466 e. The van der Waals surface area contributed by atoms with E-state index in [0.29, 0.717) is 12.2 Å². The van der Waals surface area contributed by atoms with Crippen LogP contribution in [0.2, 0.25) is 0 Å². The average Bonchev–Trinajstić information content (AvgIpc) is 2.57. The number of ether oxygens (including phenoxy) is 2. The Balaban J connectivity index is 2.45. The van der Waals surface area contributed by atoms with Gasteiger partial charge in [0.15, 0.2) is 0 Å². The van der Waals surface area contributed by atoms with Crippen molar-refractivity contribution >= 4 is 23.5 Å². The molecule has 1 aromatic rings. The molecule has 0 saturated heterocycles. The zero-order valence-corrected chi connectivity index (χ0v) is 14.1. The molecule has 7 nitrogen and oxygen atoms in total. The monoisotopic (exact) mass is 332 g/mol. The van der Waals surface area contributed by atoms with Gasteiger partial charge in [-0.25, -0.2) is 9.59 Å². The summed E-state index contributed by atoms with van der Waals surface area (Å²) < 4.78 is 9.24. The highest BCUT2D eigenvalue weighted by atomic mass is 16.5. The number of amides is 1. The molecule has 0 spiro atoms. The van der Waals surface area contributed by atoms with Crippen molar-refractivity contribution in [1.82, 2.24) is 5.32 Å². The lowest BCUT2D eigenvalue weighted by molar-refractivity contribution is -0.138. The Bertz CT molecular complexity index is 722. The molecular weight excluding hydrogens is 312 g/mol. The van der Waals surface area contributed by atoms with E-state index >= 15 is 0 Å². The van der Waals surface area contributed by atoms with Crippen LogP contribution in [-0.2, 0) is 35.8 Å². The van der Waals surface area contributed by atoms with Gasteiger partial charge in [-0.3, -0.25) is 4.79 Å². The second-order valence-corrected chi connectivity index (χ2v) is 5.84. The zero-order valence-electron chi connectivity index (χ0n) is 14.1. The molecule has 1 aliphatic heterocycles. The van der Waals surface area contributed by atoms with E-state index in [1.165, 1.54) is 14.2 Å². The Kier molecular flexibility index (Phi) is 4.92. The summed E-state index contributed by atoms with van der Waals surface area (Å²) in [7, 11) is 2.44. The molecule has 128 valence electrons. The molecule has 2 N–H and O–H groups in total. The van der Waals surface area contributed by atoms with Crippen molar-refractivity contribution in [3.05, 3.63) is 41.1 Å². The number of esters is 2. The van der Waals surface area contributed by atoms with Crippen LogP contribution in [0.3, 0.4) is 0 Å². The van der Waals surface area contributed by atoms with Gasteiger partial charge in [0.25, 0.3) is 0 Å². The number of rotatable bonds is 4. The van der Waals surface area contributed by atoms with Gasteiger partial charge in [0.1, 0.15) is 5.70 Å². The summed E-state index contributed by atoms with van der Waals surface area (Å²) in [5, 5.41) is 5.74. The van der Waals surface area contributed by atoms with E-state index in [-0.39, 0.29) is 11.6 Å². The first-order chi connectivity index (χ1) is 11.3. The van der Waals surface area contributed by atoms with E-state index in [0.717, 1.165) is 17.2 Å². The summed E-state index contributed by atoms with van der Waals surface area (Å²) >= 11 is 0. The normalized spacial score (nSPS) is 15.8. The minimum Gasteiger partial charge on any atom is -0.466 e. The molecule has 0 radical (unpaired) electrons. The van der Waals surface area contributed by atoms with Crippen molar-refractivity contribution in [3.63, 3.8) is 0 Å². The first-order valence-corrected chi connectivity index (χ1v) is 7.37. The third-order valence-electron chi connectivity index (χ3n) is 3.98. The fourth-order valence-electron chi connectivity index (χ4n) is 2.57. The van der Waals surface area contributed by atoms with E-state index in [9.17, 15) is 14.4 Å². The third-order valence-corrected chi connectivity index (χ3v) is 3.98. The highest BCUT2D eigenvalue weighted by Gasteiger charge is 2.36. The predicted molar refractivity (Wildman–Crippen MR) is 87.1 cm³/mol. The van der Waals surface area contributed by atoms with Gasteiger partial charge in [-0.1, -0.05) is 12.1 Å². The van der Waals surface area contributed by atoms with Crippen molar-refractivity contribution in [2.75, 3.05) is 19.5 Å². The van der Waals surface area contributed by atoms with Crippen LogP contribution in [0, 0.1) is 0 Å². The van der Waals surface area contributed by atoms with Crippen LogP contribution in [0.5, 0.6) is 0 Å². The molecule has 0 aliphatic carbocycles. The summed E-state index contributed by atoms with van der Waals surface area (Å²) in [6.07, 6.45) is 1.03. The van der Waals surface area contributed by atoms with Crippen LogP contribution in [0.4, 0.5) is 5.69 Å². The Hall–Kier alpha value is -2.83. The topological polar surface area (TPSA) is 93.7 Å². The second kappa shape index (κ2) is 6.74. The van der Waals surface area contributed by atoms with E-state index in [4.69, 9.17) is 0 Å². The molecule has 0 atom stereocenters. The van der Waals surface area contributed by atoms with Gasteiger partial charge in [-0.2, -0.15) is 0 Å². The van der Waals surface area contributed by atoms with Gasteiger partial charge in [0.2, 0.25) is 5.91 Å². The Morgan fingerprint density at radius 3 is 2.58 bits per heavy atom. The molecule has 1 aliphatic rings. The van der Waals surface area contributed by atoms with E-state index < -0.39 is 17.4 Å². The van der Waals surface area contributed by atoms with E-state index in [2.05, 4.69) is 20.1 Å². The van der Waals surface area contributed by atoms with E-state index in [1.807, 2.05) is 19.9 Å². The molecular formula is C17H20N2O5. The van der Waals surface area contributed by atoms with Crippen molar-refractivity contribution in [3.8, 4) is 0 Å². The van der Waals surface area contributed by atoms with Gasteiger partial charge in [-0.05, 0) is 31.0 Å². The number of hydrogen-bond acceptors (Lipinski definition) is 6. The van der Waals surface area contributed by atoms with Gasteiger partial charge >= 0.3 is 11.9 Å². The fourth-order valence-corrected chi connectivity index (χ4v) is 2.57. The lowest BCUT2D eigenvalue weighted by Gasteiger charge is -2.33. The molecule has 0 fully saturated rings. The number of carbonyl (C=O) groups excluding carboxylic acids is 3. The molecule has 2 rings (SSSR count). The first kappa shape index (κ1) is 17.5. The highest BCUT2D eigenvalue weighted by Crippen LogP contribution is 2.34. The minimum absolute atomic E-state index is 0.0487. The Morgan fingerprint density at radius 1 is 1.25 bits per heavy atom. The van der Waals surface area contributed by atoms with Gasteiger partial charge in [0.05, 0.1) is 25.7 Å². The summed E-state index contributed by atoms with van der Waals surface area (Å²) in [4.78, 5) is 35.4. The van der Waals surface area contributed by atoms with Gasteiger partial charge in [-0.15, -0.1) is 0 Å². The number of fused-ring (bicyclic) bond motifs is 1. The highest BCUT2D eigenvalue weighted by molar-refractivity contribution is 5.99. The maximum atomic E-state index is 12.1. The molecule has 0 saturated carbocycles. The summed E-state index contributed by atoms with van der Waals surface area (Å²) in [6.45, 7) is 3.98. The zero-order chi connectivity index (χ0) is 17.9. The number of hydrogen-bond donors (Lipinski definition) is 2. The standard InChI is InChI=1S/C17H20N2O5/c1-17(2)11-6-5-7-12(10(11)9-18-16(17)22)19-13(15(21)24-4)8-14(20)23-3/h5-8,19H,9H2,1-4H3,(H,18,22)/b13-8+. The summed E-state index contributed by atoms with van der Waals surface area (Å²) in [6, 6.07) is 5.43. The SMILES string of the molecule is COC(=O)/C=C(/Nc1cccc2c1CNC(=O)C2(C)C)C(=O)OC. The maximum Gasteiger partial charge on any atom is 0.354 e. The molecule has 24 heavy (non-hydrogen) atoms. The molecule has 0 bridgehead atoms. The van der Waals surface area contributed by atoms with Crippen LogP contribution >= 0.6 is 0 Å². The molecule has 0 aromatic heterocycles. The summed E-state index contributed by atoms with van der Waals surface area (Å²) in [5.41, 5.74) is 1.58. The minimum atomic E-state index is -0.697. The first-order valence-electron chi connectivity index (χ1n) is 7.37. The number of benzene rings is 1. The lowest BCUT2D eigenvalue weighted by atomic mass is 9.78. The molecule has 1 heterocycles. The van der Waals surface area contributed by atoms with Crippen molar-refractivity contribution < 1.29 is 23.9 Å². The molecule has 1 aromatic carbocycles. The Labute approximate surface area is 140 Å².